The van der Waals surface area contributed by atoms with Gasteiger partial charge in [-0.15, -0.1) is 0 Å². The van der Waals surface area contributed by atoms with E-state index in [-0.39, 0.29) is 6.04 Å². The van der Waals surface area contributed by atoms with Crippen molar-refractivity contribution in [2.45, 2.75) is 13.0 Å². The Morgan fingerprint density at radius 1 is 1.55 bits per heavy atom. The first-order valence-corrected chi connectivity index (χ1v) is 4.23. The largest absolute Gasteiger partial charge is 0.177 e. The van der Waals surface area contributed by atoms with Crippen molar-refractivity contribution < 1.29 is 0 Å². The van der Waals surface area contributed by atoms with Crippen molar-refractivity contribution in [3.05, 3.63) is 34.0 Å². The molecule has 2 nitrogen and oxygen atoms in total. The van der Waals surface area contributed by atoms with E-state index in [1.807, 2.05) is 18.4 Å². The Labute approximate surface area is 73.5 Å². The highest BCUT2D eigenvalue weighted by Crippen LogP contribution is 2.32. The average Bonchev–Trinajstić information content (AvgIpc) is 2.45. The second kappa shape index (κ2) is 2.41. The number of rotatable bonds is 0. The zero-order valence-electron chi connectivity index (χ0n) is 6.08. The number of fused-ring (bicyclic) bond motifs is 1. The fraction of sp³-hybridized carbons (Fsp3) is 0.250. The molecule has 0 aromatic carbocycles. The van der Waals surface area contributed by atoms with Gasteiger partial charge in [-0.2, -0.15) is 10.2 Å². The van der Waals surface area contributed by atoms with Gasteiger partial charge in [0, 0.05) is 10.1 Å². The van der Waals surface area contributed by atoms with Gasteiger partial charge in [0.2, 0.25) is 0 Å². The SMILES string of the molecule is CC1=C(Br)C=C[C@@H]2N=NC=C12. The summed E-state index contributed by atoms with van der Waals surface area (Å²) in [5.74, 6) is 0. The lowest BCUT2D eigenvalue weighted by atomic mass is 9.97. The van der Waals surface area contributed by atoms with E-state index in [0.29, 0.717) is 0 Å². The van der Waals surface area contributed by atoms with Crippen LogP contribution in [-0.2, 0) is 0 Å². The van der Waals surface area contributed by atoms with Gasteiger partial charge in [0.25, 0.3) is 0 Å². The third kappa shape index (κ3) is 0.997. The normalized spacial score (nSPS) is 27.5. The minimum Gasteiger partial charge on any atom is -0.177 e. The maximum absolute atomic E-state index is 4.03. The number of azo groups is 1. The maximum Gasteiger partial charge on any atom is 0.116 e. The van der Waals surface area contributed by atoms with Crippen LogP contribution >= 0.6 is 15.9 Å². The van der Waals surface area contributed by atoms with Crippen molar-refractivity contribution in [1.29, 1.82) is 0 Å². The summed E-state index contributed by atoms with van der Waals surface area (Å²) in [6.07, 6.45) is 5.89. The Balaban J connectivity index is 2.48. The van der Waals surface area contributed by atoms with Gasteiger partial charge in [0.1, 0.15) is 6.04 Å². The molecule has 2 rings (SSSR count). The smallest absolute Gasteiger partial charge is 0.116 e. The molecular formula is C8H7BrN2. The van der Waals surface area contributed by atoms with Crippen LogP contribution < -0.4 is 0 Å². The Hall–Kier alpha value is -0.700. The maximum atomic E-state index is 4.03. The minimum atomic E-state index is 0.177. The van der Waals surface area contributed by atoms with Gasteiger partial charge in [0.05, 0.1) is 6.20 Å². The van der Waals surface area contributed by atoms with Crippen molar-refractivity contribution in [1.82, 2.24) is 0 Å². The Morgan fingerprint density at radius 2 is 2.36 bits per heavy atom. The first-order chi connectivity index (χ1) is 5.29. The Morgan fingerprint density at radius 3 is 3.18 bits per heavy atom. The van der Waals surface area contributed by atoms with Crippen LogP contribution in [0.3, 0.4) is 0 Å². The number of allylic oxidation sites excluding steroid dienone is 2. The molecule has 0 aromatic heterocycles. The van der Waals surface area contributed by atoms with Crippen LogP contribution in [0.15, 0.2) is 44.2 Å². The standard InChI is InChI=1S/C8H7BrN2/c1-5-6-4-10-11-8(6)3-2-7(5)9/h2-4,8H,1H3/t8-/m0/s1. The van der Waals surface area contributed by atoms with Crippen LogP contribution in [0.5, 0.6) is 0 Å². The molecule has 1 atom stereocenters. The van der Waals surface area contributed by atoms with E-state index in [1.54, 1.807) is 0 Å². The first kappa shape index (κ1) is 6.98. The van der Waals surface area contributed by atoms with Gasteiger partial charge in [-0.05, 0) is 18.6 Å². The summed E-state index contributed by atoms with van der Waals surface area (Å²) >= 11 is 3.46. The molecule has 0 unspecified atom stereocenters. The van der Waals surface area contributed by atoms with Gasteiger partial charge in [-0.3, -0.25) is 0 Å². The predicted molar refractivity (Wildman–Crippen MR) is 47.5 cm³/mol. The molecule has 0 N–H and O–H groups in total. The van der Waals surface area contributed by atoms with Crippen molar-refractivity contribution in [3.63, 3.8) is 0 Å². The van der Waals surface area contributed by atoms with E-state index in [2.05, 4.69) is 33.1 Å². The average molecular weight is 211 g/mol. The van der Waals surface area contributed by atoms with E-state index in [0.717, 1.165) is 4.48 Å². The van der Waals surface area contributed by atoms with Crippen LogP contribution in [0.2, 0.25) is 0 Å². The van der Waals surface area contributed by atoms with Crippen molar-refractivity contribution in [2.24, 2.45) is 10.2 Å². The number of halogens is 1. The molecule has 2 aliphatic rings. The highest BCUT2D eigenvalue weighted by molar-refractivity contribution is 9.11. The van der Waals surface area contributed by atoms with E-state index >= 15 is 0 Å². The summed E-state index contributed by atoms with van der Waals surface area (Å²) in [5.41, 5.74) is 2.45. The molecule has 0 saturated carbocycles. The molecule has 1 aliphatic heterocycles. The van der Waals surface area contributed by atoms with Crippen LogP contribution in [-0.4, -0.2) is 6.04 Å². The van der Waals surface area contributed by atoms with Gasteiger partial charge in [-0.1, -0.05) is 22.0 Å². The molecule has 0 aromatic rings. The van der Waals surface area contributed by atoms with E-state index in [9.17, 15) is 0 Å². The predicted octanol–water partition coefficient (Wildman–Crippen LogP) is 2.94. The molecule has 0 fully saturated rings. The fourth-order valence-corrected chi connectivity index (χ4v) is 1.59. The third-order valence-electron chi connectivity index (χ3n) is 1.92. The molecule has 0 saturated heterocycles. The summed E-state index contributed by atoms with van der Waals surface area (Å²) in [4.78, 5) is 0. The molecule has 0 bridgehead atoms. The zero-order valence-corrected chi connectivity index (χ0v) is 7.67. The fourth-order valence-electron chi connectivity index (χ4n) is 1.21. The molecule has 0 amide bonds. The summed E-state index contributed by atoms with van der Waals surface area (Å²) in [6.45, 7) is 2.07. The first-order valence-electron chi connectivity index (χ1n) is 3.44. The van der Waals surface area contributed by atoms with Gasteiger partial charge in [-0.25, -0.2) is 0 Å². The van der Waals surface area contributed by atoms with Crippen LogP contribution in [0, 0.1) is 0 Å². The van der Waals surface area contributed by atoms with Crippen molar-refractivity contribution in [3.8, 4) is 0 Å². The van der Waals surface area contributed by atoms with Gasteiger partial charge in [0.15, 0.2) is 0 Å². The lowest BCUT2D eigenvalue weighted by Gasteiger charge is -2.13. The van der Waals surface area contributed by atoms with Crippen LogP contribution in [0.1, 0.15) is 6.92 Å². The van der Waals surface area contributed by atoms with Gasteiger partial charge >= 0.3 is 0 Å². The number of nitrogens with zero attached hydrogens (tertiary/aromatic N) is 2. The second-order valence-electron chi connectivity index (χ2n) is 2.59. The summed E-state index contributed by atoms with van der Waals surface area (Å²) in [6, 6.07) is 0.177. The zero-order chi connectivity index (χ0) is 7.84. The van der Waals surface area contributed by atoms with Crippen LogP contribution in [0.4, 0.5) is 0 Å². The third-order valence-corrected chi connectivity index (χ3v) is 2.78. The lowest BCUT2D eigenvalue weighted by Crippen LogP contribution is -2.06. The van der Waals surface area contributed by atoms with Crippen molar-refractivity contribution in [2.75, 3.05) is 0 Å². The molecular weight excluding hydrogens is 204 g/mol. The minimum absolute atomic E-state index is 0.177. The van der Waals surface area contributed by atoms with E-state index in [1.165, 1.54) is 11.1 Å². The molecule has 3 heteroatoms. The second-order valence-corrected chi connectivity index (χ2v) is 3.45. The highest BCUT2D eigenvalue weighted by Gasteiger charge is 2.20. The topological polar surface area (TPSA) is 24.7 Å². The number of hydrogen-bond acceptors (Lipinski definition) is 2. The summed E-state index contributed by atoms with van der Waals surface area (Å²) < 4.78 is 1.13. The van der Waals surface area contributed by atoms with Crippen LogP contribution in [0.25, 0.3) is 0 Å². The molecule has 1 aliphatic carbocycles. The Kier molecular flexibility index (Phi) is 1.53. The summed E-state index contributed by atoms with van der Waals surface area (Å²) in [5, 5.41) is 7.90. The van der Waals surface area contributed by atoms with E-state index in [4.69, 9.17) is 0 Å². The molecule has 0 spiro atoms. The number of hydrogen-bond donors (Lipinski definition) is 0. The van der Waals surface area contributed by atoms with E-state index < -0.39 is 0 Å². The molecule has 11 heavy (non-hydrogen) atoms. The van der Waals surface area contributed by atoms with Gasteiger partial charge < -0.3 is 0 Å². The quantitative estimate of drug-likeness (QED) is 0.588. The molecule has 0 radical (unpaired) electrons. The summed E-state index contributed by atoms with van der Waals surface area (Å²) in [7, 11) is 0. The molecule has 56 valence electrons. The molecule has 1 heterocycles. The lowest BCUT2D eigenvalue weighted by molar-refractivity contribution is 0.927. The Bertz CT molecular complexity index is 310. The highest BCUT2D eigenvalue weighted by atomic mass is 79.9. The van der Waals surface area contributed by atoms with Crippen molar-refractivity contribution >= 4 is 15.9 Å². The monoisotopic (exact) mass is 210 g/mol.